The van der Waals surface area contributed by atoms with Crippen molar-refractivity contribution in [3.63, 3.8) is 0 Å². The quantitative estimate of drug-likeness (QED) is 0.813. The standard InChI is InChI=1S/C21H25N5O/c1-17-6-3-4-7-19(17)15-24(2)20(27)16-25-10-12-26(13-11-25)21-18(14-22)8-5-9-23-21/h3-9H,10-13,15-16H2,1-2H3. The minimum Gasteiger partial charge on any atom is -0.353 e. The molecule has 0 bridgehead atoms. The van der Waals surface area contributed by atoms with Crippen LogP contribution in [0.3, 0.4) is 0 Å². The normalized spacial score (nSPS) is 14.6. The maximum atomic E-state index is 12.6. The van der Waals surface area contributed by atoms with Crippen molar-refractivity contribution in [3.05, 3.63) is 59.3 Å². The molecule has 1 saturated heterocycles. The second kappa shape index (κ2) is 8.65. The molecule has 3 rings (SSSR count). The fourth-order valence-corrected chi connectivity index (χ4v) is 3.30. The Balaban J connectivity index is 1.52. The van der Waals surface area contributed by atoms with Crippen molar-refractivity contribution in [1.82, 2.24) is 14.8 Å². The highest BCUT2D eigenvalue weighted by Gasteiger charge is 2.22. The van der Waals surface area contributed by atoms with Gasteiger partial charge in [-0.05, 0) is 30.2 Å². The van der Waals surface area contributed by atoms with Crippen LogP contribution in [0.4, 0.5) is 5.82 Å². The number of amides is 1. The summed E-state index contributed by atoms with van der Waals surface area (Å²) in [6, 6.07) is 13.9. The van der Waals surface area contributed by atoms with E-state index < -0.39 is 0 Å². The first-order valence-corrected chi connectivity index (χ1v) is 9.19. The molecular formula is C21H25N5O. The predicted molar refractivity (Wildman–Crippen MR) is 105 cm³/mol. The number of nitrogens with zero attached hydrogens (tertiary/aromatic N) is 5. The monoisotopic (exact) mass is 363 g/mol. The van der Waals surface area contributed by atoms with Crippen molar-refractivity contribution < 1.29 is 4.79 Å². The number of aryl methyl sites for hydroxylation is 1. The first-order chi connectivity index (χ1) is 13.1. The van der Waals surface area contributed by atoms with Crippen molar-refractivity contribution >= 4 is 11.7 Å². The highest BCUT2D eigenvalue weighted by Crippen LogP contribution is 2.18. The Morgan fingerprint density at radius 3 is 2.63 bits per heavy atom. The van der Waals surface area contributed by atoms with E-state index in [4.69, 9.17) is 0 Å². The molecule has 6 nitrogen and oxygen atoms in total. The van der Waals surface area contributed by atoms with Gasteiger partial charge in [0.1, 0.15) is 11.9 Å². The van der Waals surface area contributed by atoms with E-state index in [1.54, 1.807) is 23.2 Å². The van der Waals surface area contributed by atoms with Gasteiger partial charge in [-0.1, -0.05) is 24.3 Å². The van der Waals surface area contributed by atoms with Crippen LogP contribution < -0.4 is 4.90 Å². The molecular weight excluding hydrogens is 338 g/mol. The summed E-state index contributed by atoms with van der Waals surface area (Å²) in [5, 5.41) is 9.24. The van der Waals surface area contributed by atoms with Crippen LogP contribution in [0.1, 0.15) is 16.7 Å². The van der Waals surface area contributed by atoms with Crippen molar-refractivity contribution in [2.45, 2.75) is 13.5 Å². The molecule has 0 saturated carbocycles. The van der Waals surface area contributed by atoms with Crippen LogP contribution in [0.2, 0.25) is 0 Å². The van der Waals surface area contributed by atoms with Gasteiger partial charge in [-0.3, -0.25) is 9.69 Å². The molecule has 1 amide bonds. The van der Waals surface area contributed by atoms with Gasteiger partial charge >= 0.3 is 0 Å². The van der Waals surface area contributed by atoms with E-state index in [2.05, 4.69) is 39.9 Å². The topological polar surface area (TPSA) is 63.5 Å². The van der Waals surface area contributed by atoms with E-state index in [0.29, 0.717) is 18.7 Å². The largest absolute Gasteiger partial charge is 0.353 e. The number of piperazine rings is 1. The van der Waals surface area contributed by atoms with E-state index in [9.17, 15) is 10.1 Å². The average Bonchev–Trinajstić information content (AvgIpc) is 2.70. The molecule has 2 heterocycles. The highest BCUT2D eigenvalue weighted by molar-refractivity contribution is 5.78. The number of benzene rings is 1. The Morgan fingerprint density at radius 2 is 1.93 bits per heavy atom. The van der Waals surface area contributed by atoms with E-state index in [1.165, 1.54) is 11.1 Å². The van der Waals surface area contributed by atoms with Gasteiger partial charge in [0.15, 0.2) is 0 Å². The molecule has 0 radical (unpaired) electrons. The Kier molecular flexibility index (Phi) is 6.05. The molecule has 0 aliphatic carbocycles. The summed E-state index contributed by atoms with van der Waals surface area (Å²) in [4.78, 5) is 23.0. The number of aromatic nitrogens is 1. The van der Waals surface area contributed by atoms with Crippen molar-refractivity contribution in [1.29, 1.82) is 5.26 Å². The minimum atomic E-state index is 0.127. The lowest BCUT2D eigenvalue weighted by Crippen LogP contribution is -2.50. The number of hydrogen-bond donors (Lipinski definition) is 0. The van der Waals surface area contributed by atoms with Gasteiger partial charge in [-0.2, -0.15) is 5.26 Å². The number of nitriles is 1. The van der Waals surface area contributed by atoms with Crippen LogP contribution in [-0.4, -0.2) is 60.5 Å². The number of anilines is 1. The number of rotatable bonds is 5. The molecule has 1 aromatic heterocycles. The predicted octanol–water partition coefficient (Wildman–Crippen LogP) is 2.04. The van der Waals surface area contributed by atoms with Crippen LogP contribution in [-0.2, 0) is 11.3 Å². The molecule has 2 aromatic rings. The van der Waals surface area contributed by atoms with E-state index in [0.717, 1.165) is 32.0 Å². The molecule has 0 spiro atoms. The number of carbonyl (C=O) groups excluding carboxylic acids is 1. The molecule has 0 N–H and O–H groups in total. The third-order valence-electron chi connectivity index (χ3n) is 5.03. The van der Waals surface area contributed by atoms with Gasteiger partial charge in [-0.15, -0.1) is 0 Å². The summed E-state index contributed by atoms with van der Waals surface area (Å²) < 4.78 is 0. The molecule has 0 atom stereocenters. The van der Waals surface area contributed by atoms with Crippen LogP contribution in [0, 0.1) is 18.3 Å². The molecule has 6 heteroatoms. The van der Waals surface area contributed by atoms with E-state index >= 15 is 0 Å². The number of hydrogen-bond acceptors (Lipinski definition) is 5. The summed E-state index contributed by atoms with van der Waals surface area (Å²) in [5.74, 6) is 0.866. The van der Waals surface area contributed by atoms with Gasteiger partial charge in [0.05, 0.1) is 12.1 Å². The fourth-order valence-electron chi connectivity index (χ4n) is 3.30. The number of carbonyl (C=O) groups is 1. The molecule has 1 fully saturated rings. The maximum Gasteiger partial charge on any atom is 0.236 e. The summed E-state index contributed by atoms with van der Waals surface area (Å²) in [6.45, 7) is 6.21. The zero-order valence-electron chi connectivity index (χ0n) is 15.9. The van der Waals surface area contributed by atoms with E-state index in [-0.39, 0.29) is 5.91 Å². The maximum absolute atomic E-state index is 12.6. The first kappa shape index (κ1) is 18.9. The second-order valence-corrected chi connectivity index (χ2v) is 6.93. The van der Waals surface area contributed by atoms with Crippen LogP contribution in [0.25, 0.3) is 0 Å². The molecule has 1 aromatic carbocycles. The Morgan fingerprint density at radius 1 is 1.19 bits per heavy atom. The van der Waals surface area contributed by atoms with Crippen LogP contribution in [0.15, 0.2) is 42.6 Å². The van der Waals surface area contributed by atoms with Crippen molar-refractivity contribution in [2.24, 2.45) is 0 Å². The number of pyridine rings is 1. The zero-order chi connectivity index (χ0) is 19.2. The lowest BCUT2D eigenvalue weighted by molar-refractivity contribution is -0.131. The second-order valence-electron chi connectivity index (χ2n) is 6.93. The van der Waals surface area contributed by atoms with E-state index in [1.807, 2.05) is 19.2 Å². The molecule has 140 valence electrons. The summed E-state index contributed by atoms with van der Waals surface area (Å²) >= 11 is 0. The number of likely N-dealkylation sites (N-methyl/N-ethyl adjacent to an activating group) is 1. The summed E-state index contributed by atoms with van der Waals surface area (Å²) in [5.41, 5.74) is 2.98. The Labute approximate surface area is 160 Å². The smallest absolute Gasteiger partial charge is 0.236 e. The van der Waals surface area contributed by atoms with Gasteiger partial charge in [0.25, 0.3) is 0 Å². The summed E-state index contributed by atoms with van der Waals surface area (Å²) in [7, 11) is 1.86. The molecule has 1 aliphatic rings. The Hall–Kier alpha value is -2.91. The van der Waals surface area contributed by atoms with Gasteiger partial charge in [-0.25, -0.2) is 4.98 Å². The molecule has 0 unspecified atom stereocenters. The van der Waals surface area contributed by atoms with Crippen LogP contribution >= 0.6 is 0 Å². The third kappa shape index (κ3) is 4.63. The first-order valence-electron chi connectivity index (χ1n) is 9.19. The van der Waals surface area contributed by atoms with Crippen LogP contribution in [0.5, 0.6) is 0 Å². The lowest BCUT2D eigenvalue weighted by Gasteiger charge is -2.35. The van der Waals surface area contributed by atoms with Gasteiger partial charge < -0.3 is 9.80 Å². The SMILES string of the molecule is Cc1ccccc1CN(C)C(=O)CN1CCN(c2ncccc2C#N)CC1. The fraction of sp³-hybridized carbons (Fsp3) is 0.381. The lowest BCUT2D eigenvalue weighted by atomic mass is 10.1. The Bertz CT molecular complexity index is 836. The van der Waals surface area contributed by atoms with Crippen molar-refractivity contribution in [3.8, 4) is 6.07 Å². The molecule has 1 aliphatic heterocycles. The third-order valence-corrected chi connectivity index (χ3v) is 5.03. The highest BCUT2D eigenvalue weighted by atomic mass is 16.2. The van der Waals surface area contributed by atoms with Gasteiger partial charge in [0, 0.05) is 46.0 Å². The average molecular weight is 363 g/mol. The van der Waals surface area contributed by atoms with Crippen molar-refractivity contribution in [2.75, 3.05) is 44.7 Å². The van der Waals surface area contributed by atoms with Gasteiger partial charge in [0.2, 0.25) is 5.91 Å². The zero-order valence-corrected chi connectivity index (χ0v) is 15.9. The minimum absolute atomic E-state index is 0.127. The summed E-state index contributed by atoms with van der Waals surface area (Å²) in [6.07, 6.45) is 1.71. The molecule has 27 heavy (non-hydrogen) atoms.